The van der Waals surface area contributed by atoms with E-state index in [1.54, 1.807) is 0 Å². The monoisotopic (exact) mass is 597 g/mol. The summed E-state index contributed by atoms with van der Waals surface area (Å²) in [4.78, 5) is 2.59. The fraction of sp³-hybridized carbons (Fsp3) is 0.576. The average Bonchev–Trinajstić information content (AvgIpc) is 3.09. The van der Waals surface area contributed by atoms with Crippen molar-refractivity contribution in [2.24, 2.45) is 22.1 Å². The maximum Gasteiger partial charge on any atom is 0.142 e. The van der Waals surface area contributed by atoms with E-state index in [9.17, 15) is 4.21 Å². The van der Waals surface area contributed by atoms with Gasteiger partial charge < -0.3 is 27.7 Å². The van der Waals surface area contributed by atoms with E-state index in [0.29, 0.717) is 30.8 Å². The van der Waals surface area contributed by atoms with Crippen LogP contribution in [0.1, 0.15) is 55.7 Å². The topological polar surface area (TPSA) is 60.4 Å². The van der Waals surface area contributed by atoms with Crippen molar-refractivity contribution >= 4 is 27.9 Å². The standard InChI is InChI=1S/C33H42ClN2O4S/c1-23-5-3-7-31(38-2)28-11-9-26(28)17-36-20-33(14-4-6-25-16-27(34)10-12-29(25)33)21-40-32-13-8-24(15-30(32)36)18-39-22-35-41(37)19-23/h3,7-8,10,12-13,15-16,23,26,28,31H,4-6,9,11,14,17-22H2,1-2H3/q-1/b7-3+/t23-,26-,28+,31-,33-/m0/s1. The highest BCUT2D eigenvalue weighted by Crippen LogP contribution is 2.47. The Kier molecular flexibility index (Phi) is 8.97. The lowest BCUT2D eigenvalue weighted by molar-refractivity contribution is 0.0131. The van der Waals surface area contributed by atoms with E-state index in [0.717, 1.165) is 60.8 Å². The second-order valence-electron chi connectivity index (χ2n) is 12.5. The van der Waals surface area contributed by atoms with E-state index in [2.05, 4.69) is 58.7 Å². The zero-order valence-electron chi connectivity index (χ0n) is 24.2. The minimum absolute atomic E-state index is 0.0870. The lowest BCUT2D eigenvalue weighted by Gasteiger charge is -2.46. The van der Waals surface area contributed by atoms with Crippen LogP contribution in [0.3, 0.4) is 0 Å². The van der Waals surface area contributed by atoms with Crippen molar-refractivity contribution in [1.82, 2.24) is 0 Å². The molecule has 0 aromatic heterocycles. The molecule has 6 rings (SSSR count). The molecule has 0 radical (unpaired) electrons. The van der Waals surface area contributed by atoms with Crippen LogP contribution in [0, 0.1) is 17.8 Å². The van der Waals surface area contributed by atoms with Crippen LogP contribution < -0.4 is 9.64 Å². The third-order valence-corrected chi connectivity index (χ3v) is 11.1. The summed E-state index contributed by atoms with van der Waals surface area (Å²) in [5.74, 6) is 2.76. The van der Waals surface area contributed by atoms with Gasteiger partial charge in [-0.15, -0.1) is 0 Å². The first kappa shape index (κ1) is 29.0. The summed E-state index contributed by atoms with van der Waals surface area (Å²) < 4.78 is 35.3. The highest BCUT2D eigenvalue weighted by Gasteiger charge is 2.44. The van der Waals surface area contributed by atoms with E-state index < -0.39 is 10.6 Å². The molecular formula is C33H42ClN2O4S-. The fourth-order valence-corrected chi connectivity index (χ4v) is 8.37. The minimum Gasteiger partial charge on any atom is -0.490 e. The molecule has 4 aliphatic rings. The maximum absolute atomic E-state index is 12.5. The molecule has 1 saturated carbocycles. The van der Waals surface area contributed by atoms with E-state index in [1.165, 1.54) is 24.0 Å². The second kappa shape index (κ2) is 12.7. The number of anilines is 1. The van der Waals surface area contributed by atoms with Gasteiger partial charge in [-0.2, -0.15) is 10.6 Å². The largest absolute Gasteiger partial charge is 0.490 e. The second-order valence-corrected chi connectivity index (χ2v) is 14.1. The molecule has 5 atom stereocenters. The Hall–Kier alpha value is -2.06. The molecule has 41 heavy (non-hydrogen) atoms. The van der Waals surface area contributed by atoms with Gasteiger partial charge in [-0.05, 0) is 91.3 Å². The van der Waals surface area contributed by atoms with Crippen molar-refractivity contribution in [2.75, 3.05) is 44.2 Å². The van der Waals surface area contributed by atoms with Gasteiger partial charge in [0.25, 0.3) is 0 Å². The summed E-state index contributed by atoms with van der Waals surface area (Å²) in [5.41, 5.74) is 4.85. The van der Waals surface area contributed by atoms with Crippen LogP contribution in [0.25, 0.3) is 0 Å². The number of methoxy groups -OCH3 is 1. The molecule has 8 heteroatoms. The molecule has 0 unspecified atom stereocenters. The van der Waals surface area contributed by atoms with Gasteiger partial charge in [0.2, 0.25) is 0 Å². The molecule has 1 spiro atoms. The van der Waals surface area contributed by atoms with Crippen molar-refractivity contribution in [1.29, 1.82) is 0 Å². The third-order valence-electron chi connectivity index (χ3n) is 9.57. The quantitative estimate of drug-likeness (QED) is 0.260. The number of benzene rings is 2. The summed E-state index contributed by atoms with van der Waals surface area (Å²) in [7, 11) is 0.574. The molecule has 0 amide bonds. The lowest BCUT2D eigenvalue weighted by atomic mass is 9.68. The van der Waals surface area contributed by atoms with Gasteiger partial charge in [-0.25, -0.2) is 0 Å². The Morgan fingerprint density at radius 2 is 2.10 bits per heavy atom. The average molecular weight is 598 g/mol. The van der Waals surface area contributed by atoms with Crippen LogP contribution in [-0.4, -0.2) is 45.4 Å². The van der Waals surface area contributed by atoms with Gasteiger partial charge in [0, 0.05) is 30.6 Å². The Balaban J connectivity index is 1.36. The number of nitrogens with zero attached hydrogens (tertiary/aromatic N) is 2. The summed E-state index contributed by atoms with van der Waals surface area (Å²) in [6, 6.07) is 12.8. The van der Waals surface area contributed by atoms with Crippen LogP contribution >= 0.6 is 11.6 Å². The van der Waals surface area contributed by atoms with E-state index in [1.807, 2.05) is 13.2 Å². The highest BCUT2D eigenvalue weighted by molar-refractivity contribution is 7.74. The number of ether oxygens (including phenoxy) is 3. The van der Waals surface area contributed by atoms with Gasteiger partial charge in [0.05, 0.1) is 25.0 Å². The van der Waals surface area contributed by atoms with Crippen molar-refractivity contribution in [3.05, 3.63) is 70.3 Å². The smallest absolute Gasteiger partial charge is 0.142 e. The number of hydrogen-bond acceptors (Lipinski definition) is 7. The summed E-state index contributed by atoms with van der Waals surface area (Å²) in [5, 5.41) is 0.806. The number of halogens is 1. The number of hydrogen-bond donors (Lipinski definition) is 0. The number of aryl methyl sites for hydroxylation is 1. The fourth-order valence-electron chi connectivity index (χ4n) is 7.25. The van der Waals surface area contributed by atoms with Crippen LogP contribution in [0.2, 0.25) is 5.02 Å². The van der Waals surface area contributed by atoms with Crippen molar-refractivity contribution in [3.8, 4) is 5.75 Å². The van der Waals surface area contributed by atoms with Crippen LogP contribution in [0.4, 0.5) is 5.69 Å². The molecule has 0 N–H and O–H groups in total. The Morgan fingerprint density at radius 1 is 1.20 bits per heavy atom. The van der Waals surface area contributed by atoms with E-state index in [-0.39, 0.29) is 24.2 Å². The van der Waals surface area contributed by atoms with Crippen LogP contribution in [0.5, 0.6) is 5.75 Å². The molecule has 2 aromatic carbocycles. The van der Waals surface area contributed by atoms with Crippen molar-refractivity contribution in [3.63, 3.8) is 0 Å². The lowest BCUT2D eigenvalue weighted by Crippen LogP contribution is -2.49. The number of allylic oxidation sites excluding steroid dienone is 1. The molecule has 2 aromatic rings. The number of rotatable bonds is 1. The zero-order valence-corrected chi connectivity index (χ0v) is 25.8. The van der Waals surface area contributed by atoms with Gasteiger partial charge in [0.15, 0.2) is 0 Å². The number of fused-ring (bicyclic) bond motifs is 4. The summed E-state index contributed by atoms with van der Waals surface area (Å²) >= 11 is 6.43. The normalized spacial score (nSPS) is 33.4. The minimum atomic E-state index is -1.25. The molecule has 2 aliphatic carbocycles. The predicted molar refractivity (Wildman–Crippen MR) is 165 cm³/mol. The Bertz CT molecular complexity index is 1360. The van der Waals surface area contributed by atoms with Crippen molar-refractivity contribution < 1.29 is 18.4 Å². The first-order chi connectivity index (χ1) is 19.9. The first-order valence-corrected chi connectivity index (χ1v) is 16.7. The van der Waals surface area contributed by atoms with Gasteiger partial charge >= 0.3 is 0 Å². The summed E-state index contributed by atoms with van der Waals surface area (Å²) in [6.45, 7) is 5.20. The molecule has 222 valence electrons. The van der Waals surface area contributed by atoms with E-state index >= 15 is 0 Å². The molecule has 2 bridgehead atoms. The zero-order chi connectivity index (χ0) is 28.4. The van der Waals surface area contributed by atoms with Crippen molar-refractivity contribution in [2.45, 2.75) is 63.6 Å². The molecular weight excluding hydrogens is 556 g/mol. The molecule has 1 fully saturated rings. The van der Waals surface area contributed by atoms with Gasteiger partial charge in [0.1, 0.15) is 12.5 Å². The maximum atomic E-state index is 12.5. The highest BCUT2D eigenvalue weighted by atomic mass is 35.5. The van der Waals surface area contributed by atoms with Gasteiger partial charge in [-0.3, -0.25) is 0 Å². The predicted octanol–water partition coefficient (Wildman–Crippen LogP) is 7.07. The third kappa shape index (κ3) is 6.34. The van der Waals surface area contributed by atoms with Gasteiger partial charge in [-0.1, -0.05) is 54.5 Å². The Labute approximate surface area is 251 Å². The molecule has 0 saturated heterocycles. The van der Waals surface area contributed by atoms with Crippen LogP contribution in [0.15, 0.2) is 52.9 Å². The van der Waals surface area contributed by atoms with Crippen LogP contribution in [-0.2, 0) is 42.7 Å². The Morgan fingerprint density at radius 3 is 2.93 bits per heavy atom. The molecule has 2 heterocycles. The SMILES string of the molecule is CO[C@H]1/C=C/C[C@H](C)C/[S-](=O)=N\COCc2ccc3c(c2)N(C[C@@H]2CC[C@H]21)C[C@@]1(CCCc2cc(Cl)ccc21)CO3. The first-order valence-electron chi connectivity index (χ1n) is 15.1. The molecule has 6 nitrogen and oxygen atoms in total. The summed E-state index contributed by atoms with van der Waals surface area (Å²) in [6.07, 6.45) is 11.1. The van der Waals surface area contributed by atoms with E-state index in [4.69, 9.17) is 25.8 Å². The molecule has 2 aliphatic heterocycles.